The number of nitrogens with one attached hydrogen (secondary N) is 1. The van der Waals surface area contributed by atoms with Crippen LogP contribution in [0.25, 0.3) is 0 Å². The number of carbonyl (C=O) groups is 1. The summed E-state index contributed by atoms with van der Waals surface area (Å²) >= 11 is 0. The van der Waals surface area contributed by atoms with Gasteiger partial charge in [-0.25, -0.2) is 13.2 Å². The molecule has 0 radical (unpaired) electrons. The van der Waals surface area contributed by atoms with Crippen molar-refractivity contribution in [2.75, 3.05) is 20.1 Å². The van der Waals surface area contributed by atoms with Crippen molar-refractivity contribution < 1.29 is 18.0 Å². The van der Waals surface area contributed by atoms with Gasteiger partial charge >= 0.3 is 0 Å². The average molecular weight is 297 g/mol. The SMILES string of the molecule is CN1CCC(C#N)(NC(=O)c2cc(F)c(F)c(F)c2)CC1. The second kappa shape index (κ2) is 5.74. The van der Waals surface area contributed by atoms with Crippen LogP contribution in [0.3, 0.4) is 0 Å². The van der Waals surface area contributed by atoms with E-state index in [0.29, 0.717) is 38.1 Å². The van der Waals surface area contributed by atoms with Gasteiger partial charge in [0.25, 0.3) is 5.91 Å². The van der Waals surface area contributed by atoms with Crippen molar-refractivity contribution in [3.05, 3.63) is 35.1 Å². The molecule has 4 nitrogen and oxygen atoms in total. The van der Waals surface area contributed by atoms with Gasteiger partial charge in [-0.05, 0) is 32.0 Å². The largest absolute Gasteiger partial charge is 0.334 e. The van der Waals surface area contributed by atoms with E-state index in [4.69, 9.17) is 0 Å². The lowest BCUT2D eigenvalue weighted by Gasteiger charge is -2.36. The van der Waals surface area contributed by atoms with Gasteiger partial charge in [0.15, 0.2) is 17.5 Å². The molecular weight excluding hydrogens is 283 g/mol. The summed E-state index contributed by atoms with van der Waals surface area (Å²) in [5.74, 6) is -5.29. The smallest absolute Gasteiger partial charge is 0.252 e. The third kappa shape index (κ3) is 3.16. The van der Waals surface area contributed by atoms with Crippen molar-refractivity contribution in [2.24, 2.45) is 0 Å². The lowest BCUT2D eigenvalue weighted by molar-refractivity contribution is 0.0880. The zero-order valence-corrected chi connectivity index (χ0v) is 11.4. The van der Waals surface area contributed by atoms with Crippen LogP contribution in [0.5, 0.6) is 0 Å². The van der Waals surface area contributed by atoms with Crippen LogP contribution in [-0.2, 0) is 0 Å². The molecule has 112 valence electrons. The number of amides is 1. The standard InChI is InChI=1S/C14H14F3N3O/c1-20-4-2-14(8-18,3-5-20)19-13(21)9-6-10(15)12(17)11(16)7-9/h6-7H,2-5H2,1H3,(H,19,21). The number of piperidine rings is 1. The van der Waals surface area contributed by atoms with Crippen LogP contribution in [0.4, 0.5) is 13.2 Å². The first-order valence-corrected chi connectivity index (χ1v) is 6.44. The summed E-state index contributed by atoms with van der Waals surface area (Å²) in [6.07, 6.45) is 0.829. The van der Waals surface area contributed by atoms with E-state index in [1.54, 1.807) is 0 Å². The first kappa shape index (κ1) is 15.3. The lowest BCUT2D eigenvalue weighted by atomic mass is 9.89. The number of hydrogen-bond acceptors (Lipinski definition) is 3. The molecule has 1 fully saturated rings. The van der Waals surface area contributed by atoms with Crippen molar-refractivity contribution in [2.45, 2.75) is 18.4 Å². The first-order valence-electron chi connectivity index (χ1n) is 6.44. The molecule has 1 N–H and O–H groups in total. The van der Waals surface area contributed by atoms with Crippen molar-refractivity contribution in [3.63, 3.8) is 0 Å². The van der Waals surface area contributed by atoms with Crippen LogP contribution in [0.15, 0.2) is 12.1 Å². The number of carbonyl (C=O) groups excluding carboxylic acids is 1. The van der Waals surface area contributed by atoms with Gasteiger partial charge in [-0.15, -0.1) is 0 Å². The minimum Gasteiger partial charge on any atom is -0.334 e. The van der Waals surface area contributed by atoms with E-state index in [9.17, 15) is 23.2 Å². The maximum atomic E-state index is 13.1. The van der Waals surface area contributed by atoms with E-state index in [1.165, 1.54) is 0 Å². The molecule has 1 aromatic carbocycles. The van der Waals surface area contributed by atoms with E-state index >= 15 is 0 Å². The van der Waals surface area contributed by atoms with E-state index in [1.807, 2.05) is 11.9 Å². The Kier molecular flexibility index (Phi) is 4.19. The summed E-state index contributed by atoms with van der Waals surface area (Å²) in [5, 5.41) is 11.8. The highest BCUT2D eigenvalue weighted by molar-refractivity contribution is 5.95. The Morgan fingerprint density at radius 3 is 2.29 bits per heavy atom. The number of benzene rings is 1. The van der Waals surface area contributed by atoms with Crippen molar-refractivity contribution in [1.82, 2.24) is 10.2 Å². The summed E-state index contributed by atoms with van der Waals surface area (Å²) in [7, 11) is 1.90. The highest BCUT2D eigenvalue weighted by Crippen LogP contribution is 2.22. The van der Waals surface area contributed by atoms with Crippen molar-refractivity contribution in [3.8, 4) is 6.07 Å². The van der Waals surface area contributed by atoms with Crippen molar-refractivity contribution in [1.29, 1.82) is 5.26 Å². The average Bonchev–Trinajstić information content (AvgIpc) is 2.47. The molecule has 0 atom stereocenters. The van der Waals surface area contributed by atoms with E-state index in [-0.39, 0.29) is 5.56 Å². The van der Waals surface area contributed by atoms with Gasteiger partial charge in [-0.2, -0.15) is 5.26 Å². The number of nitrogens with zero attached hydrogens (tertiary/aromatic N) is 2. The molecule has 21 heavy (non-hydrogen) atoms. The number of likely N-dealkylation sites (tertiary alicyclic amines) is 1. The second-order valence-electron chi connectivity index (χ2n) is 5.21. The molecule has 7 heteroatoms. The fourth-order valence-electron chi connectivity index (χ4n) is 2.24. The van der Waals surface area contributed by atoms with Crippen LogP contribution in [0.1, 0.15) is 23.2 Å². The summed E-state index contributed by atoms with van der Waals surface area (Å²) in [5.41, 5.74) is -1.41. The second-order valence-corrected chi connectivity index (χ2v) is 5.21. The molecule has 0 aliphatic carbocycles. The number of halogens is 3. The van der Waals surface area contributed by atoms with Crippen LogP contribution < -0.4 is 5.32 Å². The van der Waals surface area contributed by atoms with E-state index < -0.39 is 28.9 Å². The number of rotatable bonds is 2. The van der Waals surface area contributed by atoms with Gasteiger partial charge in [0.05, 0.1) is 6.07 Å². The van der Waals surface area contributed by atoms with Crippen molar-refractivity contribution >= 4 is 5.91 Å². The molecule has 1 aliphatic rings. The Morgan fingerprint density at radius 2 is 1.81 bits per heavy atom. The van der Waals surface area contributed by atoms with E-state index in [0.717, 1.165) is 0 Å². The quantitative estimate of drug-likeness (QED) is 0.847. The molecule has 1 amide bonds. The topological polar surface area (TPSA) is 56.1 Å². The highest BCUT2D eigenvalue weighted by atomic mass is 19.2. The predicted octanol–water partition coefficient (Wildman–Crippen LogP) is 1.82. The molecule has 0 unspecified atom stereocenters. The molecule has 1 saturated heterocycles. The van der Waals surface area contributed by atoms with Gasteiger partial charge in [0.1, 0.15) is 5.54 Å². The molecule has 0 saturated carbocycles. The van der Waals surface area contributed by atoms with Gasteiger partial charge in [-0.3, -0.25) is 4.79 Å². The van der Waals surface area contributed by atoms with Gasteiger partial charge in [0.2, 0.25) is 0 Å². The normalized spacial score (nSPS) is 18.0. The van der Waals surface area contributed by atoms with E-state index in [2.05, 4.69) is 11.4 Å². The Hall–Kier alpha value is -2.07. The fourth-order valence-corrected chi connectivity index (χ4v) is 2.24. The first-order chi connectivity index (χ1) is 9.87. The number of nitriles is 1. The van der Waals surface area contributed by atoms with Gasteiger partial charge in [-0.1, -0.05) is 0 Å². The van der Waals surface area contributed by atoms with Crippen LogP contribution in [0.2, 0.25) is 0 Å². The minimum absolute atomic E-state index is 0.347. The van der Waals surface area contributed by atoms with Crippen LogP contribution in [0, 0.1) is 28.8 Å². The van der Waals surface area contributed by atoms with Gasteiger partial charge in [0, 0.05) is 18.7 Å². The third-order valence-electron chi connectivity index (χ3n) is 3.65. The Bertz CT molecular complexity index is 581. The lowest BCUT2D eigenvalue weighted by Crippen LogP contribution is -2.53. The predicted molar refractivity (Wildman–Crippen MR) is 68.9 cm³/mol. The van der Waals surface area contributed by atoms with Gasteiger partial charge < -0.3 is 10.2 Å². The zero-order chi connectivity index (χ0) is 15.6. The maximum Gasteiger partial charge on any atom is 0.252 e. The molecule has 0 spiro atoms. The molecule has 2 rings (SSSR count). The number of hydrogen-bond donors (Lipinski definition) is 1. The van der Waals surface area contributed by atoms with Crippen LogP contribution in [-0.4, -0.2) is 36.5 Å². The maximum absolute atomic E-state index is 13.1. The Morgan fingerprint density at radius 1 is 1.29 bits per heavy atom. The molecule has 1 aliphatic heterocycles. The zero-order valence-electron chi connectivity index (χ0n) is 11.4. The molecule has 1 aromatic rings. The fraction of sp³-hybridized carbons (Fsp3) is 0.429. The molecular formula is C14H14F3N3O. The third-order valence-corrected chi connectivity index (χ3v) is 3.65. The highest BCUT2D eigenvalue weighted by Gasteiger charge is 2.35. The minimum atomic E-state index is -1.62. The summed E-state index contributed by atoms with van der Waals surface area (Å²) in [6.45, 7) is 1.25. The Labute approximate surface area is 120 Å². The molecule has 1 heterocycles. The van der Waals surface area contributed by atoms with Crippen LogP contribution >= 0.6 is 0 Å². The summed E-state index contributed by atoms with van der Waals surface area (Å²) in [6, 6.07) is 3.30. The monoisotopic (exact) mass is 297 g/mol. The summed E-state index contributed by atoms with van der Waals surface area (Å²) in [4.78, 5) is 14.1. The Balaban J connectivity index is 2.19. The summed E-state index contributed by atoms with van der Waals surface area (Å²) < 4.78 is 39.2. The molecule has 0 aromatic heterocycles. The molecule has 0 bridgehead atoms.